The van der Waals surface area contributed by atoms with Crippen LogP contribution >= 0.6 is 11.6 Å². The smallest absolute Gasteiger partial charge is 0.279 e. The zero-order valence-corrected chi connectivity index (χ0v) is 12.8. The van der Waals surface area contributed by atoms with Gasteiger partial charge in [-0.2, -0.15) is 0 Å². The van der Waals surface area contributed by atoms with Crippen molar-refractivity contribution in [2.24, 2.45) is 0 Å². The molecule has 2 N–H and O–H groups in total. The number of quaternary nitrogens is 1. The highest BCUT2D eigenvalue weighted by Gasteiger charge is 2.13. The first-order valence-electron chi connectivity index (χ1n) is 6.74. The first kappa shape index (κ1) is 16.4. The van der Waals surface area contributed by atoms with Gasteiger partial charge in [-0.3, -0.25) is 4.79 Å². The first-order chi connectivity index (χ1) is 10.4. The number of hydrogen-bond acceptors (Lipinski definition) is 1. The highest BCUT2D eigenvalue weighted by Crippen LogP contribution is 2.14. The van der Waals surface area contributed by atoms with Crippen molar-refractivity contribution in [1.29, 1.82) is 0 Å². The van der Waals surface area contributed by atoms with Gasteiger partial charge in [0, 0.05) is 16.7 Å². The molecule has 2 aromatic carbocycles. The third-order valence-electron chi connectivity index (χ3n) is 3.09. The minimum atomic E-state index is -0.788. The number of anilines is 1. The molecule has 0 aromatic heterocycles. The molecule has 1 amide bonds. The SMILES string of the molecule is C[NH+](CC(=O)Nc1ccc(F)cc1F)Cc1ccc(Cl)cc1. The maximum atomic E-state index is 13.5. The maximum absolute atomic E-state index is 13.5. The molecule has 22 heavy (non-hydrogen) atoms. The average molecular weight is 326 g/mol. The van der Waals surface area contributed by atoms with Gasteiger partial charge in [-0.15, -0.1) is 0 Å². The van der Waals surface area contributed by atoms with Crippen molar-refractivity contribution in [3.63, 3.8) is 0 Å². The van der Waals surface area contributed by atoms with Crippen LogP contribution in [0.25, 0.3) is 0 Å². The van der Waals surface area contributed by atoms with Crippen LogP contribution in [0.1, 0.15) is 5.56 Å². The Bertz CT molecular complexity index is 662. The van der Waals surface area contributed by atoms with Crippen LogP contribution in [0, 0.1) is 11.6 Å². The van der Waals surface area contributed by atoms with Crippen molar-refractivity contribution in [1.82, 2.24) is 0 Å². The van der Waals surface area contributed by atoms with E-state index in [-0.39, 0.29) is 18.1 Å². The Morgan fingerprint density at radius 2 is 1.86 bits per heavy atom. The lowest BCUT2D eigenvalue weighted by Gasteiger charge is -2.14. The van der Waals surface area contributed by atoms with Crippen molar-refractivity contribution in [3.8, 4) is 0 Å². The van der Waals surface area contributed by atoms with Crippen LogP contribution in [-0.4, -0.2) is 19.5 Å². The summed E-state index contributed by atoms with van der Waals surface area (Å²) >= 11 is 5.82. The van der Waals surface area contributed by atoms with Gasteiger partial charge in [0.1, 0.15) is 18.2 Å². The highest BCUT2D eigenvalue weighted by atomic mass is 35.5. The maximum Gasteiger partial charge on any atom is 0.279 e. The normalized spacial score (nSPS) is 12.0. The van der Waals surface area contributed by atoms with Gasteiger partial charge >= 0.3 is 0 Å². The molecule has 0 aliphatic carbocycles. The topological polar surface area (TPSA) is 33.5 Å². The highest BCUT2D eigenvalue weighted by molar-refractivity contribution is 6.30. The summed E-state index contributed by atoms with van der Waals surface area (Å²) in [6.07, 6.45) is 0. The van der Waals surface area contributed by atoms with E-state index in [2.05, 4.69) is 5.32 Å². The number of carbonyl (C=O) groups excluding carboxylic acids is 1. The monoisotopic (exact) mass is 325 g/mol. The molecule has 1 atom stereocenters. The summed E-state index contributed by atoms with van der Waals surface area (Å²) in [6, 6.07) is 10.4. The van der Waals surface area contributed by atoms with E-state index in [1.165, 1.54) is 6.07 Å². The fourth-order valence-corrected chi connectivity index (χ4v) is 2.20. The molecule has 0 spiro atoms. The van der Waals surface area contributed by atoms with Gasteiger partial charge in [0.2, 0.25) is 0 Å². The van der Waals surface area contributed by atoms with Crippen molar-refractivity contribution in [2.45, 2.75) is 6.54 Å². The number of carbonyl (C=O) groups is 1. The Kier molecular flexibility index (Phi) is 5.46. The van der Waals surface area contributed by atoms with Gasteiger partial charge in [-0.05, 0) is 24.3 Å². The molecule has 0 aliphatic rings. The number of amides is 1. The third kappa shape index (κ3) is 4.79. The van der Waals surface area contributed by atoms with E-state index in [4.69, 9.17) is 11.6 Å². The van der Waals surface area contributed by atoms with Crippen molar-refractivity contribution in [3.05, 3.63) is 64.7 Å². The van der Waals surface area contributed by atoms with E-state index in [9.17, 15) is 13.6 Å². The molecule has 3 nitrogen and oxygen atoms in total. The minimum Gasteiger partial charge on any atom is -0.326 e. The fourth-order valence-electron chi connectivity index (χ4n) is 2.07. The number of hydrogen-bond donors (Lipinski definition) is 2. The van der Waals surface area contributed by atoms with Crippen LogP contribution in [0.15, 0.2) is 42.5 Å². The fraction of sp³-hybridized carbons (Fsp3) is 0.188. The number of nitrogens with one attached hydrogen (secondary N) is 2. The second kappa shape index (κ2) is 7.33. The van der Waals surface area contributed by atoms with Crippen LogP contribution in [0.5, 0.6) is 0 Å². The van der Waals surface area contributed by atoms with Crippen LogP contribution in [0.4, 0.5) is 14.5 Å². The van der Waals surface area contributed by atoms with Gasteiger partial charge < -0.3 is 10.2 Å². The van der Waals surface area contributed by atoms with Crippen molar-refractivity contribution in [2.75, 3.05) is 18.9 Å². The summed E-state index contributed by atoms with van der Waals surface area (Å²) < 4.78 is 26.3. The molecule has 0 radical (unpaired) electrons. The Labute approximate surface area is 132 Å². The minimum absolute atomic E-state index is 0.0225. The van der Waals surface area contributed by atoms with E-state index in [0.29, 0.717) is 11.6 Å². The van der Waals surface area contributed by atoms with Crippen LogP contribution in [0.2, 0.25) is 5.02 Å². The number of likely N-dealkylation sites (N-methyl/N-ethyl adjacent to an activating group) is 1. The molecule has 1 unspecified atom stereocenters. The Balaban J connectivity index is 1.89. The predicted molar refractivity (Wildman–Crippen MR) is 81.9 cm³/mol. The molecule has 0 heterocycles. The van der Waals surface area contributed by atoms with E-state index in [1.54, 1.807) is 12.1 Å². The molecule has 2 rings (SSSR count). The summed E-state index contributed by atoms with van der Waals surface area (Å²) in [5.41, 5.74) is 1.02. The van der Waals surface area contributed by atoms with Gasteiger partial charge in [0.05, 0.1) is 12.7 Å². The van der Waals surface area contributed by atoms with Gasteiger partial charge in [-0.1, -0.05) is 23.7 Å². The molecule has 0 bridgehead atoms. The zero-order chi connectivity index (χ0) is 16.1. The average Bonchev–Trinajstić information content (AvgIpc) is 2.44. The van der Waals surface area contributed by atoms with Crippen molar-refractivity contribution >= 4 is 23.2 Å². The Hall–Kier alpha value is -1.98. The number of benzene rings is 2. The number of halogens is 3. The molecule has 0 saturated heterocycles. The first-order valence-corrected chi connectivity index (χ1v) is 7.12. The summed E-state index contributed by atoms with van der Waals surface area (Å²) in [5, 5.41) is 3.10. The molecule has 116 valence electrons. The summed E-state index contributed by atoms with van der Waals surface area (Å²) in [6.45, 7) is 0.802. The second-order valence-corrected chi connectivity index (χ2v) is 5.55. The van der Waals surface area contributed by atoms with Crippen LogP contribution in [0.3, 0.4) is 0 Å². The standard InChI is InChI=1S/C16H15ClF2N2O/c1-21(9-11-2-4-12(17)5-3-11)10-16(22)20-15-7-6-13(18)8-14(15)19/h2-8H,9-10H2,1H3,(H,20,22)/p+1. The quantitative estimate of drug-likeness (QED) is 0.869. The van der Waals surface area contributed by atoms with Gasteiger partial charge in [0.25, 0.3) is 5.91 Å². The largest absolute Gasteiger partial charge is 0.326 e. The van der Waals surface area contributed by atoms with Gasteiger partial charge in [0.15, 0.2) is 6.54 Å². The van der Waals surface area contributed by atoms with Gasteiger partial charge in [-0.25, -0.2) is 8.78 Å². The lowest BCUT2D eigenvalue weighted by molar-refractivity contribution is -0.885. The molecule has 0 aliphatic heterocycles. The number of rotatable bonds is 5. The zero-order valence-electron chi connectivity index (χ0n) is 12.0. The third-order valence-corrected chi connectivity index (χ3v) is 3.34. The molecule has 6 heteroatoms. The molecular formula is C16H16ClF2N2O+. The predicted octanol–water partition coefficient (Wildman–Crippen LogP) is 2.27. The lowest BCUT2D eigenvalue weighted by atomic mass is 10.2. The van der Waals surface area contributed by atoms with E-state index in [1.807, 2.05) is 19.2 Å². The summed E-state index contributed by atoms with van der Waals surface area (Å²) in [7, 11) is 1.86. The van der Waals surface area contributed by atoms with E-state index in [0.717, 1.165) is 22.6 Å². The molecule has 0 fully saturated rings. The molecule has 0 saturated carbocycles. The van der Waals surface area contributed by atoms with Crippen LogP contribution < -0.4 is 10.2 Å². The lowest BCUT2D eigenvalue weighted by Crippen LogP contribution is -3.08. The molecule has 2 aromatic rings. The van der Waals surface area contributed by atoms with Crippen molar-refractivity contribution < 1.29 is 18.5 Å². The summed E-state index contributed by atoms with van der Waals surface area (Å²) in [5.74, 6) is -1.80. The Morgan fingerprint density at radius 3 is 2.50 bits per heavy atom. The second-order valence-electron chi connectivity index (χ2n) is 5.11. The summed E-state index contributed by atoms with van der Waals surface area (Å²) in [4.78, 5) is 12.8. The Morgan fingerprint density at radius 1 is 1.18 bits per heavy atom. The van der Waals surface area contributed by atoms with E-state index < -0.39 is 11.6 Å². The van der Waals surface area contributed by atoms with E-state index >= 15 is 0 Å². The molecular weight excluding hydrogens is 310 g/mol. The van der Waals surface area contributed by atoms with Crippen LogP contribution in [-0.2, 0) is 11.3 Å².